The van der Waals surface area contributed by atoms with E-state index in [0.29, 0.717) is 28.6 Å². The maximum Gasteiger partial charge on any atom is 0.340 e. The summed E-state index contributed by atoms with van der Waals surface area (Å²) in [5.74, 6) is -0.473. The number of ether oxygens (including phenoxy) is 2. The minimum atomic E-state index is -0.452. The Morgan fingerprint density at radius 2 is 1.97 bits per heavy atom. The number of para-hydroxylation sites is 1. The number of esters is 2. The van der Waals surface area contributed by atoms with Crippen molar-refractivity contribution in [1.82, 2.24) is 9.72 Å². The summed E-state index contributed by atoms with van der Waals surface area (Å²) < 4.78 is 18.0. The molecule has 0 spiro atoms. The Bertz CT molecular complexity index is 1300. The van der Waals surface area contributed by atoms with E-state index in [1.54, 1.807) is 18.2 Å². The molecule has 0 N–H and O–H groups in total. The molecular formula is C23H20N2O5. The molecule has 0 unspecified atom stereocenters. The van der Waals surface area contributed by atoms with Crippen LogP contribution in [0.5, 0.6) is 5.75 Å². The first-order chi connectivity index (χ1) is 14.6. The lowest BCUT2D eigenvalue weighted by Crippen LogP contribution is -2.11. The summed E-state index contributed by atoms with van der Waals surface area (Å²) >= 11 is 0. The van der Waals surface area contributed by atoms with Crippen LogP contribution in [-0.4, -0.2) is 28.8 Å². The SMILES string of the molecule is COC(=O)c1c(C)n(C2CC2)c2ccc(OC(=O)Cc3noc4ccccc34)cc12. The molecule has 1 fully saturated rings. The summed E-state index contributed by atoms with van der Waals surface area (Å²) in [6.07, 6.45) is 2.17. The molecule has 7 heteroatoms. The lowest BCUT2D eigenvalue weighted by molar-refractivity contribution is -0.133. The number of carbonyl (C=O) groups excluding carboxylic acids is 2. The topological polar surface area (TPSA) is 83.6 Å². The van der Waals surface area contributed by atoms with Crippen LogP contribution >= 0.6 is 0 Å². The fourth-order valence-corrected chi connectivity index (χ4v) is 4.02. The van der Waals surface area contributed by atoms with E-state index in [1.807, 2.05) is 31.2 Å². The maximum atomic E-state index is 12.5. The number of carbonyl (C=O) groups is 2. The molecule has 2 aromatic carbocycles. The summed E-state index contributed by atoms with van der Waals surface area (Å²) in [4.78, 5) is 24.9. The van der Waals surface area contributed by atoms with Crippen molar-refractivity contribution in [2.45, 2.75) is 32.2 Å². The first-order valence-electron chi connectivity index (χ1n) is 9.83. The van der Waals surface area contributed by atoms with Crippen molar-refractivity contribution in [2.24, 2.45) is 0 Å². The molecule has 1 saturated carbocycles. The van der Waals surface area contributed by atoms with Crippen molar-refractivity contribution in [3.8, 4) is 5.75 Å². The van der Waals surface area contributed by atoms with Gasteiger partial charge >= 0.3 is 11.9 Å². The monoisotopic (exact) mass is 404 g/mol. The predicted octanol–water partition coefficient (Wildman–Crippen LogP) is 4.36. The molecule has 5 rings (SSSR count). The summed E-state index contributed by atoms with van der Waals surface area (Å²) in [6, 6.07) is 13.1. The summed E-state index contributed by atoms with van der Waals surface area (Å²) in [7, 11) is 1.37. The third kappa shape index (κ3) is 3.03. The van der Waals surface area contributed by atoms with Crippen molar-refractivity contribution < 1.29 is 23.6 Å². The van der Waals surface area contributed by atoms with Crippen molar-refractivity contribution in [3.63, 3.8) is 0 Å². The fourth-order valence-electron chi connectivity index (χ4n) is 4.02. The van der Waals surface area contributed by atoms with Crippen LogP contribution in [0.4, 0.5) is 0 Å². The van der Waals surface area contributed by atoms with Crippen LogP contribution in [0, 0.1) is 6.92 Å². The van der Waals surface area contributed by atoms with Crippen molar-refractivity contribution in [3.05, 3.63) is 59.4 Å². The molecule has 1 aliphatic carbocycles. The van der Waals surface area contributed by atoms with Gasteiger partial charge in [-0.15, -0.1) is 0 Å². The largest absolute Gasteiger partial charge is 0.465 e. The van der Waals surface area contributed by atoms with Gasteiger partial charge in [-0.3, -0.25) is 4.79 Å². The first kappa shape index (κ1) is 18.4. The maximum absolute atomic E-state index is 12.5. The third-order valence-corrected chi connectivity index (χ3v) is 5.52. The van der Waals surface area contributed by atoms with Gasteiger partial charge in [0.25, 0.3) is 0 Å². The van der Waals surface area contributed by atoms with Gasteiger partial charge in [0.15, 0.2) is 5.58 Å². The number of fused-ring (bicyclic) bond motifs is 2. The summed E-state index contributed by atoms with van der Waals surface area (Å²) in [6.45, 7) is 1.92. The number of benzene rings is 2. The molecule has 0 radical (unpaired) electrons. The fraction of sp³-hybridized carbons (Fsp3) is 0.261. The second kappa shape index (κ2) is 7.02. The minimum Gasteiger partial charge on any atom is -0.465 e. The van der Waals surface area contributed by atoms with Crippen LogP contribution in [0.15, 0.2) is 47.0 Å². The smallest absolute Gasteiger partial charge is 0.340 e. The number of hydrogen-bond donors (Lipinski definition) is 0. The Balaban J connectivity index is 1.46. The number of methoxy groups -OCH3 is 1. The molecule has 30 heavy (non-hydrogen) atoms. The van der Waals surface area contributed by atoms with E-state index in [2.05, 4.69) is 9.72 Å². The Kier molecular flexibility index (Phi) is 4.31. The van der Waals surface area contributed by atoms with Gasteiger partial charge in [0.2, 0.25) is 0 Å². The van der Waals surface area contributed by atoms with Crippen LogP contribution < -0.4 is 4.74 Å². The summed E-state index contributed by atoms with van der Waals surface area (Å²) in [5.41, 5.74) is 3.48. The highest BCUT2D eigenvalue weighted by atomic mass is 16.5. The molecule has 0 amide bonds. The minimum absolute atomic E-state index is 0.0129. The average molecular weight is 404 g/mol. The molecule has 0 atom stereocenters. The van der Waals surface area contributed by atoms with Crippen molar-refractivity contribution in [2.75, 3.05) is 7.11 Å². The van der Waals surface area contributed by atoms with E-state index in [0.717, 1.165) is 34.8 Å². The highest BCUT2D eigenvalue weighted by molar-refractivity contribution is 6.06. The van der Waals surface area contributed by atoms with E-state index in [4.69, 9.17) is 14.0 Å². The van der Waals surface area contributed by atoms with Gasteiger partial charge < -0.3 is 18.6 Å². The number of aromatic nitrogens is 2. The average Bonchev–Trinajstić information content (AvgIpc) is 3.43. The molecule has 0 saturated heterocycles. The normalized spacial score (nSPS) is 13.7. The number of hydrogen-bond acceptors (Lipinski definition) is 6. The van der Waals surface area contributed by atoms with Crippen LogP contribution in [0.1, 0.15) is 40.6 Å². The van der Waals surface area contributed by atoms with Gasteiger partial charge in [-0.05, 0) is 50.1 Å². The highest BCUT2D eigenvalue weighted by Gasteiger charge is 2.30. The van der Waals surface area contributed by atoms with Gasteiger partial charge in [-0.25, -0.2) is 4.79 Å². The molecule has 2 heterocycles. The summed E-state index contributed by atoms with van der Waals surface area (Å²) in [5, 5.41) is 5.49. The predicted molar refractivity (Wildman–Crippen MR) is 110 cm³/mol. The van der Waals surface area contributed by atoms with Crippen LogP contribution in [-0.2, 0) is 16.0 Å². The van der Waals surface area contributed by atoms with Gasteiger partial charge in [-0.2, -0.15) is 0 Å². The Morgan fingerprint density at radius 3 is 2.73 bits per heavy atom. The lowest BCUT2D eigenvalue weighted by Gasteiger charge is -2.07. The molecule has 1 aliphatic rings. The molecule has 4 aromatic rings. The molecular weight excluding hydrogens is 384 g/mol. The standard InChI is InChI=1S/C23H20N2O5/c1-13-22(23(27)28-2)17-11-15(9-10-19(17)25(13)14-7-8-14)29-21(26)12-18-16-5-3-4-6-20(16)30-24-18/h3-6,9-11,14H,7-8,12H2,1-2H3. The molecule has 7 nitrogen and oxygen atoms in total. The van der Waals surface area contributed by atoms with E-state index < -0.39 is 11.9 Å². The van der Waals surface area contributed by atoms with E-state index in [9.17, 15) is 9.59 Å². The van der Waals surface area contributed by atoms with Crippen molar-refractivity contribution in [1.29, 1.82) is 0 Å². The molecule has 2 aromatic heterocycles. The highest BCUT2D eigenvalue weighted by Crippen LogP contribution is 2.42. The second-order valence-electron chi connectivity index (χ2n) is 7.51. The molecule has 0 aliphatic heterocycles. The first-order valence-corrected chi connectivity index (χ1v) is 9.83. The lowest BCUT2D eigenvalue weighted by atomic mass is 10.1. The van der Waals surface area contributed by atoms with E-state index >= 15 is 0 Å². The van der Waals surface area contributed by atoms with Crippen LogP contribution in [0.25, 0.3) is 21.9 Å². The van der Waals surface area contributed by atoms with E-state index in [-0.39, 0.29) is 6.42 Å². The zero-order valence-electron chi connectivity index (χ0n) is 16.7. The Labute approximate surface area is 172 Å². The number of rotatable bonds is 5. The Morgan fingerprint density at radius 1 is 1.17 bits per heavy atom. The number of nitrogens with zero attached hydrogens (tertiary/aromatic N) is 2. The van der Waals surface area contributed by atoms with E-state index in [1.165, 1.54) is 7.11 Å². The Hall–Kier alpha value is -3.61. The van der Waals surface area contributed by atoms with Gasteiger partial charge in [0, 0.05) is 28.0 Å². The molecule has 0 bridgehead atoms. The molecule has 152 valence electrons. The van der Waals surface area contributed by atoms with Crippen LogP contribution in [0.2, 0.25) is 0 Å². The zero-order chi connectivity index (χ0) is 20.8. The second-order valence-corrected chi connectivity index (χ2v) is 7.51. The van der Waals surface area contributed by atoms with Gasteiger partial charge in [-0.1, -0.05) is 17.3 Å². The zero-order valence-corrected chi connectivity index (χ0v) is 16.7. The van der Waals surface area contributed by atoms with Crippen molar-refractivity contribution >= 4 is 33.8 Å². The third-order valence-electron chi connectivity index (χ3n) is 5.52. The van der Waals surface area contributed by atoms with Gasteiger partial charge in [0.1, 0.15) is 11.4 Å². The van der Waals surface area contributed by atoms with Gasteiger partial charge in [0.05, 0.1) is 19.1 Å². The van der Waals surface area contributed by atoms with Crippen LogP contribution in [0.3, 0.4) is 0 Å². The quantitative estimate of drug-likeness (QED) is 0.363.